The van der Waals surface area contributed by atoms with E-state index in [0.29, 0.717) is 11.3 Å². The van der Waals surface area contributed by atoms with E-state index < -0.39 is 6.10 Å². The van der Waals surface area contributed by atoms with Crippen LogP contribution in [-0.2, 0) is 0 Å². The van der Waals surface area contributed by atoms with Gasteiger partial charge in [0.15, 0.2) is 0 Å². The molecular formula is C12H11N3O2S. The van der Waals surface area contributed by atoms with Crippen LogP contribution < -0.4 is 5.32 Å². The van der Waals surface area contributed by atoms with Gasteiger partial charge in [-0.3, -0.25) is 4.79 Å². The minimum atomic E-state index is -0.717. The molecule has 0 aliphatic carbocycles. The van der Waals surface area contributed by atoms with Gasteiger partial charge in [-0.25, -0.2) is 0 Å². The van der Waals surface area contributed by atoms with Crippen LogP contribution in [0.2, 0.25) is 0 Å². The number of rotatable bonds is 4. The summed E-state index contributed by atoms with van der Waals surface area (Å²) in [5, 5.41) is 24.7. The van der Waals surface area contributed by atoms with Crippen LogP contribution in [0.4, 0.5) is 0 Å². The molecule has 1 unspecified atom stereocenters. The SMILES string of the molecule is N#Cc1c[nH]c(C(=O)NCC(O)c2ccsc2)c1. The van der Waals surface area contributed by atoms with Gasteiger partial charge in [0.2, 0.25) is 0 Å². The predicted molar refractivity (Wildman–Crippen MR) is 67.1 cm³/mol. The number of hydrogen-bond acceptors (Lipinski definition) is 4. The molecule has 92 valence electrons. The van der Waals surface area contributed by atoms with E-state index in [-0.39, 0.29) is 12.5 Å². The fourth-order valence-corrected chi connectivity index (χ4v) is 2.16. The van der Waals surface area contributed by atoms with Crippen LogP contribution >= 0.6 is 11.3 Å². The monoisotopic (exact) mass is 261 g/mol. The standard InChI is InChI=1S/C12H11N3O2S/c13-4-8-3-10(14-5-8)12(17)15-6-11(16)9-1-2-18-7-9/h1-3,5,7,11,14,16H,6H2,(H,15,17). The van der Waals surface area contributed by atoms with Crippen LogP contribution in [0.5, 0.6) is 0 Å². The van der Waals surface area contributed by atoms with E-state index in [4.69, 9.17) is 5.26 Å². The Morgan fingerprint density at radius 3 is 3.11 bits per heavy atom. The molecular weight excluding hydrogens is 250 g/mol. The van der Waals surface area contributed by atoms with E-state index in [1.165, 1.54) is 23.6 Å². The summed E-state index contributed by atoms with van der Waals surface area (Å²) in [6.45, 7) is 0.135. The lowest BCUT2D eigenvalue weighted by molar-refractivity contribution is 0.0912. The van der Waals surface area contributed by atoms with Gasteiger partial charge in [-0.15, -0.1) is 0 Å². The second-order valence-electron chi connectivity index (χ2n) is 3.70. The van der Waals surface area contributed by atoms with Gasteiger partial charge in [0.05, 0.1) is 11.7 Å². The molecule has 0 aromatic carbocycles. The molecule has 0 radical (unpaired) electrons. The Kier molecular flexibility index (Phi) is 3.77. The summed E-state index contributed by atoms with van der Waals surface area (Å²) in [7, 11) is 0. The van der Waals surface area contributed by atoms with Crippen LogP contribution in [0.15, 0.2) is 29.1 Å². The number of aromatic nitrogens is 1. The van der Waals surface area contributed by atoms with E-state index in [0.717, 1.165) is 5.56 Å². The Labute approximate surface area is 108 Å². The van der Waals surface area contributed by atoms with Gasteiger partial charge in [-0.2, -0.15) is 16.6 Å². The fourth-order valence-electron chi connectivity index (χ4n) is 1.46. The number of nitriles is 1. The highest BCUT2D eigenvalue weighted by atomic mass is 32.1. The largest absolute Gasteiger partial charge is 0.387 e. The second-order valence-corrected chi connectivity index (χ2v) is 4.48. The molecule has 0 aliphatic heterocycles. The Hall–Kier alpha value is -2.10. The minimum Gasteiger partial charge on any atom is -0.387 e. The van der Waals surface area contributed by atoms with Gasteiger partial charge in [-0.1, -0.05) is 0 Å². The first kappa shape index (κ1) is 12.4. The third kappa shape index (κ3) is 2.77. The van der Waals surface area contributed by atoms with Crippen molar-refractivity contribution in [3.63, 3.8) is 0 Å². The molecule has 6 heteroatoms. The maximum Gasteiger partial charge on any atom is 0.267 e. The van der Waals surface area contributed by atoms with Gasteiger partial charge in [-0.05, 0) is 28.5 Å². The average molecular weight is 261 g/mol. The van der Waals surface area contributed by atoms with Crippen LogP contribution in [-0.4, -0.2) is 22.5 Å². The van der Waals surface area contributed by atoms with Crippen molar-refractivity contribution in [2.45, 2.75) is 6.10 Å². The molecule has 0 saturated heterocycles. The molecule has 0 saturated carbocycles. The number of hydrogen-bond donors (Lipinski definition) is 3. The van der Waals surface area contributed by atoms with Crippen LogP contribution in [0, 0.1) is 11.3 Å². The minimum absolute atomic E-state index is 0.135. The Balaban J connectivity index is 1.91. The van der Waals surface area contributed by atoms with Crippen molar-refractivity contribution in [2.75, 3.05) is 6.54 Å². The summed E-state index contributed by atoms with van der Waals surface area (Å²) in [4.78, 5) is 14.4. The fraction of sp³-hybridized carbons (Fsp3) is 0.167. The van der Waals surface area contributed by atoms with E-state index in [1.54, 1.807) is 0 Å². The van der Waals surface area contributed by atoms with Crippen molar-refractivity contribution in [1.29, 1.82) is 5.26 Å². The number of aliphatic hydroxyl groups excluding tert-OH is 1. The summed E-state index contributed by atoms with van der Waals surface area (Å²) in [5.41, 5.74) is 1.49. The second kappa shape index (κ2) is 5.49. The zero-order chi connectivity index (χ0) is 13.0. The first-order chi connectivity index (χ1) is 8.70. The molecule has 3 N–H and O–H groups in total. The lowest BCUT2D eigenvalue weighted by Crippen LogP contribution is -2.28. The number of nitrogens with zero attached hydrogens (tertiary/aromatic N) is 1. The first-order valence-electron chi connectivity index (χ1n) is 5.27. The first-order valence-corrected chi connectivity index (χ1v) is 6.22. The van der Waals surface area contributed by atoms with Gasteiger partial charge in [0.1, 0.15) is 11.8 Å². The highest BCUT2D eigenvalue weighted by Crippen LogP contribution is 2.15. The lowest BCUT2D eigenvalue weighted by Gasteiger charge is -2.09. The predicted octanol–water partition coefficient (Wildman–Crippen LogP) is 1.41. The van der Waals surface area contributed by atoms with E-state index in [9.17, 15) is 9.90 Å². The number of amides is 1. The molecule has 0 bridgehead atoms. The normalized spacial score (nSPS) is 11.8. The molecule has 18 heavy (non-hydrogen) atoms. The van der Waals surface area contributed by atoms with Gasteiger partial charge >= 0.3 is 0 Å². The van der Waals surface area contributed by atoms with Crippen molar-refractivity contribution < 1.29 is 9.90 Å². The molecule has 0 aliphatic rings. The number of carbonyl (C=O) groups excluding carboxylic acids is 1. The van der Waals surface area contributed by atoms with Crippen molar-refractivity contribution in [1.82, 2.24) is 10.3 Å². The smallest absolute Gasteiger partial charge is 0.267 e. The topological polar surface area (TPSA) is 88.9 Å². The van der Waals surface area contributed by atoms with Crippen molar-refractivity contribution >= 4 is 17.2 Å². The van der Waals surface area contributed by atoms with Crippen LogP contribution in [0.3, 0.4) is 0 Å². The van der Waals surface area contributed by atoms with Crippen molar-refractivity contribution in [2.24, 2.45) is 0 Å². The molecule has 2 heterocycles. The van der Waals surface area contributed by atoms with Crippen molar-refractivity contribution in [3.05, 3.63) is 45.9 Å². The zero-order valence-electron chi connectivity index (χ0n) is 9.38. The maximum atomic E-state index is 11.7. The number of carbonyl (C=O) groups is 1. The third-order valence-electron chi connectivity index (χ3n) is 2.44. The molecule has 5 nitrogen and oxygen atoms in total. The Bertz CT molecular complexity index is 568. The van der Waals surface area contributed by atoms with Gasteiger partial charge in [0.25, 0.3) is 5.91 Å². The summed E-state index contributed by atoms with van der Waals surface area (Å²) < 4.78 is 0. The number of aromatic amines is 1. The highest BCUT2D eigenvalue weighted by Gasteiger charge is 2.12. The van der Waals surface area contributed by atoms with E-state index in [2.05, 4.69) is 10.3 Å². The lowest BCUT2D eigenvalue weighted by atomic mass is 10.2. The quantitative estimate of drug-likeness (QED) is 0.777. The number of nitrogens with one attached hydrogen (secondary N) is 2. The average Bonchev–Trinajstić information content (AvgIpc) is 3.05. The molecule has 2 aromatic heterocycles. The Morgan fingerprint density at radius 1 is 1.67 bits per heavy atom. The van der Waals surface area contributed by atoms with Crippen molar-refractivity contribution in [3.8, 4) is 6.07 Å². The molecule has 2 aromatic rings. The maximum absolute atomic E-state index is 11.7. The van der Waals surface area contributed by atoms with Crippen LogP contribution in [0.1, 0.15) is 27.7 Å². The van der Waals surface area contributed by atoms with Gasteiger partial charge < -0.3 is 15.4 Å². The number of H-pyrrole nitrogens is 1. The molecule has 0 spiro atoms. The molecule has 0 fully saturated rings. The third-order valence-corrected chi connectivity index (χ3v) is 3.14. The number of aliphatic hydroxyl groups is 1. The zero-order valence-corrected chi connectivity index (χ0v) is 10.2. The molecule has 2 rings (SSSR count). The highest BCUT2D eigenvalue weighted by molar-refractivity contribution is 7.07. The summed E-state index contributed by atoms with van der Waals surface area (Å²) in [6, 6.07) is 5.20. The van der Waals surface area contributed by atoms with Crippen LogP contribution in [0.25, 0.3) is 0 Å². The van der Waals surface area contributed by atoms with E-state index >= 15 is 0 Å². The molecule has 1 atom stereocenters. The molecule has 1 amide bonds. The van der Waals surface area contributed by atoms with Gasteiger partial charge in [0, 0.05) is 12.7 Å². The van der Waals surface area contributed by atoms with E-state index in [1.807, 2.05) is 22.9 Å². The summed E-state index contributed by atoms with van der Waals surface area (Å²) in [6.07, 6.45) is 0.745. The summed E-state index contributed by atoms with van der Waals surface area (Å²) in [5.74, 6) is -0.342. The number of thiophene rings is 1. The Morgan fingerprint density at radius 2 is 2.50 bits per heavy atom. The summed E-state index contributed by atoms with van der Waals surface area (Å²) >= 11 is 1.49.